The maximum atomic E-state index is 10.7. The van der Waals surface area contributed by atoms with E-state index in [1.165, 1.54) is 5.56 Å². The minimum Gasteiger partial charge on any atom is -0.484 e. The maximum Gasteiger partial charge on any atom is 0.255 e. The summed E-state index contributed by atoms with van der Waals surface area (Å²) in [7, 11) is 0. The summed E-state index contributed by atoms with van der Waals surface area (Å²) in [5.41, 5.74) is 13.1. The minimum absolute atomic E-state index is 0.0898. The van der Waals surface area contributed by atoms with E-state index in [4.69, 9.17) is 10.5 Å². The number of rotatable bonds is 7. The van der Waals surface area contributed by atoms with Gasteiger partial charge < -0.3 is 15.8 Å². The highest BCUT2D eigenvalue weighted by atomic mass is 16.5. The quantitative estimate of drug-likeness (QED) is 0.596. The van der Waals surface area contributed by atoms with E-state index in [9.17, 15) is 4.79 Å². The molecule has 5 N–H and O–H groups in total. The molecular weight excluding hydrogens is 292 g/mol. The molecule has 6 heteroatoms. The standard InChI is InChI=1S/C17H28N4O2/c1-17(2,3)16-13(10-20-21-16)9-19-8-12-4-6-14(7-5-12)23-11-15(18)22/h4-7,13,16,19-21H,8-11H2,1-3H3,(H2,18,22). The van der Waals surface area contributed by atoms with Crippen molar-refractivity contribution >= 4 is 5.91 Å². The van der Waals surface area contributed by atoms with Crippen LogP contribution in [-0.2, 0) is 11.3 Å². The first-order valence-corrected chi connectivity index (χ1v) is 8.05. The predicted octanol–water partition coefficient (Wildman–Crippen LogP) is 0.779. The van der Waals surface area contributed by atoms with Crippen LogP contribution in [0, 0.1) is 11.3 Å². The van der Waals surface area contributed by atoms with Crippen molar-refractivity contribution < 1.29 is 9.53 Å². The van der Waals surface area contributed by atoms with Crippen LogP contribution >= 0.6 is 0 Å². The van der Waals surface area contributed by atoms with Gasteiger partial charge in [0.25, 0.3) is 5.91 Å². The van der Waals surface area contributed by atoms with Gasteiger partial charge in [0, 0.05) is 31.6 Å². The summed E-state index contributed by atoms with van der Waals surface area (Å²) in [5, 5.41) is 3.52. The lowest BCUT2D eigenvalue weighted by atomic mass is 9.80. The number of amides is 1. The van der Waals surface area contributed by atoms with E-state index in [1.807, 2.05) is 24.3 Å². The Morgan fingerprint density at radius 1 is 1.35 bits per heavy atom. The lowest BCUT2D eigenvalue weighted by Gasteiger charge is -2.31. The smallest absolute Gasteiger partial charge is 0.255 e. The van der Waals surface area contributed by atoms with Crippen LogP contribution in [0.1, 0.15) is 26.3 Å². The SMILES string of the molecule is CC(C)(C)C1NNCC1CNCc1ccc(OCC(N)=O)cc1. The van der Waals surface area contributed by atoms with Gasteiger partial charge in [0.2, 0.25) is 0 Å². The Kier molecular flexibility index (Phi) is 5.98. The second-order valence-electron chi connectivity index (χ2n) is 7.16. The second kappa shape index (κ2) is 7.77. The zero-order valence-electron chi connectivity index (χ0n) is 14.2. The Morgan fingerprint density at radius 2 is 2.04 bits per heavy atom. The second-order valence-corrected chi connectivity index (χ2v) is 7.16. The van der Waals surface area contributed by atoms with Crippen LogP contribution in [0.25, 0.3) is 0 Å². The van der Waals surface area contributed by atoms with Crippen molar-refractivity contribution in [2.75, 3.05) is 19.7 Å². The number of carbonyl (C=O) groups is 1. The number of ether oxygens (including phenoxy) is 1. The summed E-state index contributed by atoms with van der Waals surface area (Å²) < 4.78 is 5.25. The average molecular weight is 320 g/mol. The molecule has 0 bridgehead atoms. The first-order chi connectivity index (χ1) is 10.9. The topological polar surface area (TPSA) is 88.4 Å². The van der Waals surface area contributed by atoms with Crippen LogP contribution < -0.4 is 26.6 Å². The Balaban J connectivity index is 1.77. The summed E-state index contributed by atoms with van der Waals surface area (Å²) in [4.78, 5) is 10.7. The highest BCUT2D eigenvalue weighted by molar-refractivity contribution is 5.75. The molecule has 0 aromatic heterocycles. The van der Waals surface area contributed by atoms with Crippen LogP contribution in [0.2, 0.25) is 0 Å². The zero-order valence-corrected chi connectivity index (χ0v) is 14.2. The lowest BCUT2D eigenvalue weighted by Crippen LogP contribution is -2.44. The molecule has 0 saturated carbocycles. The number of nitrogens with one attached hydrogen (secondary N) is 3. The molecule has 0 spiro atoms. The highest BCUT2D eigenvalue weighted by Crippen LogP contribution is 2.26. The van der Waals surface area contributed by atoms with Crippen LogP contribution in [0.4, 0.5) is 0 Å². The van der Waals surface area contributed by atoms with Gasteiger partial charge in [-0.15, -0.1) is 0 Å². The number of carbonyl (C=O) groups excluding carboxylic acids is 1. The van der Waals surface area contributed by atoms with Gasteiger partial charge >= 0.3 is 0 Å². The third-order valence-electron chi connectivity index (χ3n) is 4.07. The minimum atomic E-state index is -0.470. The zero-order chi connectivity index (χ0) is 16.9. The first-order valence-electron chi connectivity index (χ1n) is 8.05. The van der Waals surface area contributed by atoms with Gasteiger partial charge in [0.15, 0.2) is 6.61 Å². The Bertz CT molecular complexity index is 510. The molecule has 1 aliphatic heterocycles. The Hall–Kier alpha value is -1.63. The van der Waals surface area contributed by atoms with Gasteiger partial charge in [-0.1, -0.05) is 32.9 Å². The van der Waals surface area contributed by atoms with E-state index in [1.54, 1.807) is 0 Å². The van der Waals surface area contributed by atoms with Crippen molar-refractivity contribution in [1.82, 2.24) is 16.2 Å². The van der Waals surface area contributed by atoms with Gasteiger partial charge in [0.05, 0.1) is 0 Å². The van der Waals surface area contributed by atoms with Crippen LogP contribution in [0.15, 0.2) is 24.3 Å². The summed E-state index contributed by atoms with van der Waals surface area (Å²) in [5.74, 6) is 0.751. The summed E-state index contributed by atoms with van der Waals surface area (Å²) in [6, 6.07) is 8.16. The van der Waals surface area contributed by atoms with Gasteiger partial charge in [-0.05, 0) is 23.1 Å². The van der Waals surface area contributed by atoms with Crippen molar-refractivity contribution in [2.45, 2.75) is 33.4 Å². The number of benzene rings is 1. The van der Waals surface area contributed by atoms with E-state index >= 15 is 0 Å². The van der Waals surface area contributed by atoms with Crippen LogP contribution in [-0.4, -0.2) is 31.6 Å². The highest BCUT2D eigenvalue weighted by Gasteiger charge is 2.35. The molecule has 1 aromatic rings. The molecule has 128 valence electrons. The van der Waals surface area contributed by atoms with Crippen molar-refractivity contribution in [3.05, 3.63) is 29.8 Å². The van der Waals surface area contributed by atoms with E-state index < -0.39 is 5.91 Å². The molecular formula is C17H28N4O2. The molecule has 1 saturated heterocycles. The van der Waals surface area contributed by atoms with Gasteiger partial charge in [-0.3, -0.25) is 15.6 Å². The molecule has 1 aliphatic rings. The molecule has 6 nitrogen and oxygen atoms in total. The Labute approximate surface area is 138 Å². The normalized spacial score (nSPS) is 21.3. The van der Waals surface area contributed by atoms with Gasteiger partial charge in [0.1, 0.15) is 5.75 Å². The van der Waals surface area contributed by atoms with Crippen molar-refractivity contribution in [3.8, 4) is 5.75 Å². The van der Waals surface area contributed by atoms with E-state index in [0.29, 0.717) is 17.7 Å². The average Bonchev–Trinajstić information content (AvgIpc) is 2.95. The van der Waals surface area contributed by atoms with E-state index in [2.05, 4.69) is 36.9 Å². The van der Waals surface area contributed by atoms with Crippen molar-refractivity contribution in [2.24, 2.45) is 17.1 Å². The largest absolute Gasteiger partial charge is 0.484 e. The monoisotopic (exact) mass is 320 g/mol. The van der Waals surface area contributed by atoms with E-state index in [0.717, 1.165) is 19.6 Å². The number of hydrogen-bond donors (Lipinski definition) is 4. The fraction of sp³-hybridized carbons (Fsp3) is 0.588. The van der Waals surface area contributed by atoms with Crippen LogP contribution in [0.5, 0.6) is 5.75 Å². The van der Waals surface area contributed by atoms with Gasteiger partial charge in [-0.25, -0.2) is 0 Å². The molecule has 1 amide bonds. The molecule has 1 aromatic carbocycles. The van der Waals surface area contributed by atoms with Crippen LogP contribution in [0.3, 0.4) is 0 Å². The predicted molar refractivity (Wildman–Crippen MR) is 90.7 cm³/mol. The molecule has 2 rings (SSSR count). The number of primary amides is 1. The maximum absolute atomic E-state index is 10.7. The van der Waals surface area contributed by atoms with E-state index in [-0.39, 0.29) is 12.0 Å². The molecule has 1 fully saturated rings. The number of nitrogens with two attached hydrogens (primary N) is 1. The Morgan fingerprint density at radius 3 is 2.65 bits per heavy atom. The molecule has 1 heterocycles. The fourth-order valence-electron chi connectivity index (χ4n) is 2.91. The molecule has 0 radical (unpaired) electrons. The summed E-state index contributed by atoms with van der Waals surface area (Å²) in [6.07, 6.45) is 0. The lowest BCUT2D eigenvalue weighted by molar-refractivity contribution is -0.119. The summed E-state index contributed by atoms with van der Waals surface area (Å²) in [6.45, 7) is 9.44. The molecule has 23 heavy (non-hydrogen) atoms. The summed E-state index contributed by atoms with van der Waals surface area (Å²) >= 11 is 0. The molecule has 0 aliphatic carbocycles. The van der Waals surface area contributed by atoms with Gasteiger partial charge in [-0.2, -0.15) is 0 Å². The number of hydrogen-bond acceptors (Lipinski definition) is 5. The van der Waals surface area contributed by atoms with Crippen molar-refractivity contribution in [3.63, 3.8) is 0 Å². The fourth-order valence-corrected chi connectivity index (χ4v) is 2.91. The third-order valence-corrected chi connectivity index (χ3v) is 4.07. The molecule has 2 unspecified atom stereocenters. The molecule has 2 atom stereocenters. The first kappa shape index (κ1) is 17.7. The van der Waals surface area contributed by atoms with Crippen molar-refractivity contribution in [1.29, 1.82) is 0 Å². The third kappa shape index (κ3) is 5.49. The number of hydrazine groups is 1.